The van der Waals surface area contributed by atoms with Crippen LogP contribution in [0.2, 0.25) is 0 Å². The molecule has 112 valence electrons. The van der Waals surface area contributed by atoms with Crippen LogP contribution in [0.4, 0.5) is 0 Å². The van der Waals surface area contributed by atoms with Crippen LogP contribution in [0.3, 0.4) is 0 Å². The van der Waals surface area contributed by atoms with Gasteiger partial charge < -0.3 is 44.3 Å². The fourth-order valence-corrected chi connectivity index (χ4v) is 1.48. The largest absolute Gasteiger partial charge is 1.00 e. The Hall–Kier alpha value is 1.13. The van der Waals surface area contributed by atoms with Crippen molar-refractivity contribution in [1.82, 2.24) is 5.32 Å². The molecule has 0 aliphatic heterocycles. The number of hydrogen-bond acceptors (Lipinski definition) is 9. The fraction of sp³-hybridized carbons (Fsp3) is 0.750. The molecular formula is C8H14NNa2O9P. The second-order valence-corrected chi connectivity index (χ2v) is 4.81. The SMILES string of the molecule is CC(=O)N[C@@H](C=O)[C@@H](O)[C@H](O)[C@H](O)COP(=O)([O-])[O-].[Na+].[Na+]. The Labute approximate surface area is 165 Å². The number of carbonyl (C=O) groups excluding carboxylic acids is 2. The molecule has 0 rings (SSSR count). The molecule has 0 radical (unpaired) electrons. The number of aldehydes is 1. The van der Waals surface area contributed by atoms with Gasteiger partial charge in [-0.3, -0.25) is 4.79 Å². The normalized spacial score (nSPS) is 16.5. The summed E-state index contributed by atoms with van der Waals surface area (Å²) in [6.07, 6.45) is -5.73. The van der Waals surface area contributed by atoms with Gasteiger partial charge in [0, 0.05) is 6.92 Å². The monoisotopic (exact) mass is 345 g/mol. The van der Waals surface area contributed by atoms with E-state index < -0.39 is 44.7 Å². The van der Waals surface area contributed by atoms with Crippen LogP contribution in [0.25, 0.3) is 0 Å². The van der Waals surface area contributed by atoms with E-state index >= 15 is 0 Å². The second-order valence-electron chi connectivity index (χ2n) is 3.65. The number of nitrogens with one attached hydrogen (secondary N) is 1. The maximum Gasteiger partial charge on any atom is 1.00 e. The van der Waals surface area contributed by atoms with Crippen molar-refractivity contribution in [2.24, 2.45) is 0 Å². The van der Waals surface area contributed by atoms with Crippen LogP contribution in [0, 0.1) is 0 Å². The molecule has 0 aliphatic carbocycles. The van der Waals surface area contributed by atoms with Crippen LogP contribution in [0.1, 0.15) is 6.92 Å². The van der Waals surface area contributed by atoms with Crippen LogP contribution < -0.4 is 74.2 Å². The van der Waals surface area contributed by atoms with Gasteiger partial charge in [-0.2, -0.15) is 0 Å². The predicted octanol–water partition coefficient (Wildman–Crippen LogP) is -10.4. The van der Waals surface area contributed by atoms with Crippen molar-refractivity contribution in [3.05, 3.63) is 0 Å². The Morgan fingerprint density at radius 2 is 1.76 bits per heavy atom. The van der Waals surface area contributed by atoms with Gasteiger partial charge in [0.05, 0.1) is 14.4 Å². The van der Waals surface area contributed by atoms with Crippen LogP contribution >= 0.6 is 7.82 Å². The summed E-state index contributed by atoms with van der Waals surface area (Å²) in [6.45, 7) is -0.0333. The van der Waals surface area contributed by atoms with Gasteiger partial charge in [-0.1, -0.05) is 0 Å². The fourth-order valence-electron chi connectivity index (χ4n) is 1.14. The third-order valence-corrected chi connectivity index (χ3v) is 2.50. The van der Waals surface area contributed by atoms with Gasteiger partial charge in [0.1, 0.15) is 30.6 Å². The molecule has 21 heavy (non-hydrogen) atoms. The summed E-state index contributed by atoms with van der Waals surface area (Å²) in [6, 6.07) is -1.51. The molecule has 1 amide bonds. The smallest absolute Gasteiger partial charge is 0.790 e. The quantitative estimate of drug-likeness (QED) is 0.189. The summed E-state index contributed by atoms with van der Waals surface area (Å²) in [5.74, 6) is -0.669. The number of hydrogen-bond donors (Lipinski definition) is 4. The van der Waals surface area contributed by atoms with E-state index in [1.165, 1.54) is 0 Å². The first-order chi connectivity index (χ1) is 8.58. The number of aliphatic hydroxyl groups is 3. The Morgan fingerprint density at radius 3 is 2.10 bits per heavy atom. The first-order valence-corrected chi connectivity index (χ1v) is 6.47. The van der Waals surface area contributed by atoms with Gasteiger partial charge in [-0.05, 0) is 0 Å². The molecule has 0 aromatic heterocycles. The average Bonchev–Trinajstić information content (AvgIpc) is 2.29. The van der Waals surface area contributed by atoms with Crippen molar-refractivity contribution >= 4 is 20.0 Å². The van der Waals surface area contributed by atoms with Crippen LogP contribution in [-0.2, 0) is 18.7 Å². The number of rotatable bonds is 8. The van der Waals surface area contributed by atoms with E-state index in [2.05, 4.69) is 4.52 Å². The van der Waals surface area contributed by atoms with Crippen molar-refractivity contribution in [3.8, 4) is 0 Å². The zero-order chi connectivity index (χ0) is 15.2. The van der Waals surface area contributed by atoms with E-state index in [-0.39, 0.29) is 65.4 Å². The number of amides is 1. The standard InChI is InChI=1S/C8H16NO9P.2Na/c1-4(11)9-5(2-10)7(13)8(14)6(12)3-18-19(15,16)17;;/h2,5-8,12-14H,3H2,1H3,(H,9,11)(H2,15,16,17);;/q;2*+1/p-2/t5-,6+,7+,8+;;/m0../s1. The van der Waals surface area contributed by atoms with E-state index in [4.69, 9.17) is 0 Å². The van der Waals surface area contributed by atoms with Crippen molar-refractivity contribution < 1.29 is 103 Å². The molecular weight excluding hydrogens is 331 g/mol. The first-order valence-electron chi connectivity index (χ1n) is 5.01. The van der Waals surface area contributed by atoms with Crippen LogP contribution in [-0.4, -0.2) is 58.5 Å². The molecule has 13 heteroatoms. The molecule has 0 spiro atoms. The maximum atomic E-state index is 10.7. The molecule has 0 heterocycles. The number of aliphatic hydroxyl groups excluding tert-OH is 3. The summed E-state index contributed by atoms with van der Waals surface area (Å²) < 4.78 is 13.8. The number of carbonyl (C=O) groups is 2. The van der Waals surface area contributed by atoms with Gasteiger partial charge in [0.15, 0.2) is 0 Å². The number of phosphoric acid groups is 1. The minimum absolute atomic E-state index is 0. The van der Waals surface area contributed by atoms with Crippen molar-refractivity contribution in [3.63, 3.8) is 0 Å². The minimum Gasteiger partial charge on any atom is -0.790 e. The summed E-state index contributed by atoms with van der Waals surface area (Å²) >= 11 is 0. The van der Waals surface area contributed by atoms with E-state index in [1.54, 1.807) is 0 Å². The van der Waals surface area contributed by atoms with E-state index in [9.17, 15) is 39.3 Å². The maximum absolute atomic E-state index is 10.7. The molecule has 0 aromatic rings. The molecule has 0 aliphatic rings. The molecule has 10 nitrogen and oxygen atoms in total. The van der Waals surface area contributed by atoms with Crippen molar-refractivity contribution in [2.45, 2.75) is 31.3 Å². The Morgan fingerprint density at radius 1 is 1.29 bits per heavy atom. The van der Waals surface area contributed by atoms with Gasteiger partial charge in [0.25, 0.3) is 0 Å². The summed E-state index contributed by atoms with van der Waals surface area (Å²) in [7, 11) is -5.33. The van der Waals surface area contributed by atoms with E-state index in [0.717, 1.165) is 6.92 Å². The summed E-state index contributed by atoms with van der Waals surface area (Å²) in [5.41, 5.74) is 0. The zero-order valence-electron chi connectivity index (χ0n) is 11.8. The Bertz CT molecular complexity index is 366. The summed E-state index contributed by atoms with van der Waals surface area (Å²) in [5, 5.41) is 30.2. The van der Waals surface area contributed by atoms with Crippen molar-refractivity contribution in [1.29, 1.82) is 0 Å². The zero-order valence-corrected chi connectivity index (χ0v) is 16.7. The molecule has 0 aromatic carbocycles. The molecule has 0 unspecified atom stereocenters. The minimum atomic E-state index is -5.33. The van der Waals surface area contributed by atoms with E-state index in [1.807, 2.05) is 5.32 Å². The van der Waals surface area contributed by atoms with Gasteiger partial charge in [0.2, 0.25) is 5.91 Å². The molecule has 4 atom stereocenters. The van der Waals surface area contributed by atoms with E-state index in [0.29, 0.717) is 0 Å². The molecule has 0 saturated heterocycles. The molecule has 4 N–H and O–H groups in total. The Balaban J connectivity index is -0.00000162. The molecule has 0 saturated carbocycles. The third-order valence-electron chi connectivity index (χ3n) is 2.03. The topological polar surface area (TPSA) is 179 Å². The Kier molecular flexibility index (Phi) is 16.1. The predicted molar refractivity (Wildman–Crippen MR) is 55.2 cm³/mol. The first kappa shape index (κ1) is 27.0. The third kappa shape index (κ3) is 12.2. The van der Waals surface area contributed by atoms with Crippen LogP contribution in [0.15, 0.2) is 0 Å². The van der Waals surface area contributed by atoms with Crippen molar-refractivity contribution in [2.75, 3.05) is 6.61 Å². The average molecular weight is 345 g/mol. The van der Waals surface area contributed by atoms with Gasteiger partial charge in [-0.25, -0.2) is 0 Å². The van der Waals surface area contributed by atoms with Gasteiger partial charge >= 0.3 is 59.1 Å². The van der Waals surface area contributed by atoms with Crippen LogP contribution in [0.5, 0.6) is 0 Å². The van der Waals surface area contributed by atoms with Gasteiger partial charge in [-0.15, -0.1) is 0 Å². The summed E-state index contributed by atoms with van der Waals surface area (Å²) in [4.78, 5) is 41.6. The number of phosphoric ester groups is 1. The second kappa shape index (κ2) is 12.5. The molecule has 0 bridgehead atoms. The molecule has 0 fully saturated rings.